The lowest BCUT2D eigenvalue weighted by molar-refractivity contribution is -0.111. The largest absolute Gasteiger partial charge is 0.341 e. The number of carbonyl (C=O) groups is 1. The predicted molar refractivity (Wildman–Crippen MR) is 101 cm³/mol. The number of rotatable bonds is 6. The normalized spacial score (nSPS) is 11.8. The number of benzene rings is 2. The molecule has 0 saturated heterocycles. The smallest absolute Gasteiger partial charge is 0.323 e. The van der Waals surface area contributed by atoms with E-state index in [4.69, 9.17) is 0 Å². The fourth-order valence-electron chi connectivity index (χ4n) is 2.33. The molecule has 2 aromatic carbocycles. The summed E-state index contributed by atoms with van der Waals surface area (Å²) in [6.45, 7) is 0. The van der Waals surface area contributed by atoms with Gasteiger partial charge in [0.05, 0.1) is 16.8 Å². The molecule has 1 N–H and O–H groups in total. The first kappa shape index (κ1) is 19.4. The highest BCUT2D eigenvalue weighted by Gasteiger charge is 2.26. The Morgan fingerprint density at radius 1 is 1.07 bits per heavy atom. The number of anilines is 1. The summed E-state index contributed by atoms with van der Waals surface area (Å²) in [5, 5.41) is 6.73. The van der Waals surface area contributed by atoms with Crippen LogP contribution in [0.1, 0.15) is 5.56 Å². The van der Waals surface area contributed by atoms with Crippen molar-refractivity contribution in [2.75, 3.05) is 5.32 Å². The topological polar surface area (TPSA) is 81.1 Å². The van der Waals surface area contributed by atoms with Crippen LogP contribution in [-0.4, -0.2) is 29.9 Å². The molecule has 0 fully saturated rings. The molecule has 3 aromatic rings. The van der Waals surface area contributed by atoms with Gasteiger partial charge < -0.3 is 5.32 Å². The van der Waals surface area contributed by atoms with Gasteiger partial charge in [-0.15, -0.1) is 0 Å². The number of carbonyl (C=O) groups excluding carboxylic acids is 1. The van der Waals surface area contributed by atoms with Crippen molar-refractivity contribution in [1.82, 2.24) is 9.78 Å². The molecule has 6 nitrogen and oxygen atoms in total. The second-order valence-electron chi connectivity index (χ2n) is 5.71. The van der Waals surface area contributed by atoms with E-state index in [2.05, 4.69) is 10.4 Å². The van der Waals surface area contributed by atoms with Crippen LogP contribution < -0.4 is 5.32 Å². The molecular weight excluding hydrogens is 388 g/mol. The lowest BCUT2D eigenvalue weighted by atomic mass is 10.3. The van der Waals surface area contributed by atoms with Crippen molar-refractivity contribution in [3.63, 3.8) is 0 Å². The molecule has 0 bridgehead atoms. The predicted octanol–water partition coefficient (Wildman–Crippen LogP) is 3.52. The van der Waals surface area contributed by atoms with E-state index in [1.807, 2.05) is 30.3 Å². The maximum Gasteiger partial charge on any atom is 0.341 e. The summed E-state index contributed by atoms with van der Waals surface area (Å²) in [5.41, 5.74) is 1.87. The van der Waals surface area contributed by atoms with Gasteiger partial charge in [0, 0.05) is 23.5 Å². The minimum Gasteiger partial charge on any atom is -0.323 e. The number of amides is 1. The van der Waals surface area contributed by atoms with Crippen molar-refractivity contribution < 1.29 is 22.0 Å². The number of hydrogen-bond acceptors (Lipinski definition) is 4. The molecule has 144 valence electrons. The number of sulfone groups is 1. The van der Waals surface area contributed by atoms with Gasteiger partial charge >= 0.3 is 5.76 Å². The summed E-state index contributed by atoms with van der Waals surface area (Å²) < 4.78 is 49.4. The van der Waals surface area contributed by atoms with E-state index in [0.29, 0.717) is 5.56 Å². The number of alkyl halides is 2. The first-order chi connectivity index (χ1) is 13.4. The van der Waals surface area contributed by atoms with Crippen LogP contribution in [0.3, 0.4) is 0 Å². The number of nitrogens with zero attached hydrogens (tertiary/aromatic N) is 2. The number of halogens is 2. The van der Waals surface area contributed by atoms with Crippen LogP contribution in [0.2, 0.25) is 0 Å². The number of nitrogens with one attached hydrogen (secondary N) is 1. The summed E-state index contributed by atoms with van der Waals surface area (Å²) in [5.74, 6) is -3.95. The molecule has 0 spiro atoms. The fraction of sp³-hybridized carbons (Fsp3) is 0.0526. The Bertz CT molecular complexity index is 1090. The van der Waals surface area contributed by atoms with E-state index in [0.717, 1.165) is 17.8 Å². The van der Waals surface area contributed by atoms with Gasteiger partial charge in [0.15, 0.2) is 0 Å². The van der Waals surface area contributed by atoms with Crippen LogP contribution in [-0.2, 0) is 14.6 Å². The summed E-state index contributed by atoms with van der Waals surface area (Å²) in [4.78, 5) is 11.5. The molecule has 0 saturated carbocycles. The van der Waals surface area contributed by atoms with Gasteiger partial charge in [0.1, 0.15) is 0 Å². The number of aromatic nitrogens is 2. The quantitative estimate of drug-likeness (QED) is 0.639. The van der Waals surface area contributed by atoms with E-state index < -0.39 is 26.4 Å². The van der Waals surface area contributed by atoms with Crippen molar-refractivity contribution in [1.29, 1.82) is 0 Å². The minimum atomic E-state index is -4.66. The molecule has 28 heavy (non-hydrogen) atoms. The highest BCUT2D eigenvalue weighted by atomic mass is 32.2. The first-order valence-electron chi connectivity index (χ1n) is 8.07. The second kappa shape index (κ2) is 8.13. The molecular formula is C19H15F2N3O3S. The lowest BCUT2D eigenvalue weighted by Gasteiger charge is -2.05. The first-order valence-corrected chi connectivity index (χ1v) is 9.62. The monoisotopic (exact) mass is 403 g/mol. The molecule has 1 amide bonds. The van der Waals surface area contributed by atoms with Crippen molar-refractivity contribution in [2.24, 2.45) is 0 Å². The van der Waals surface area contributed by atoms with E-state index in [9.17, 15) is 22.0 Å². The van der Waals surface area contributed by atoms with Gasteiger partial charge in [-0.1, -0.05) is 18.2 Å². The van der Waals surface area contributed by atoms with Crippen molar-refractivity contribution in [3.8, 4) is 5.69 Å². The summed E-state index contributed by atoms with van der Waals surface area (Å²) >= 11 is 0. The molecule has 0 aliphatic heterocycles. The van der Waals surface area contributed by atoms with E-state index in [1.54, 1.807) is 23.2 Å². The third-order valence-corrected chi connectivity index (χ3v) is 5.13. The van der Waals surface area contributed by atoms with E-state index in [-0.39, 0.29) is 5.69 Å². The highest BCUT2D eigenvalue weighted by Crippen LogP contribution is 2.20. The van der Waals surface area contributed by atoms with Gasteiger partial charge in [-0.25, -0.2) is 13.1 Å². The third kappa shape index (κ3) is 4.49. The fourth-order valence-corrected chi connectivity index (χ4v) is 3.05. The van der Waals surface area contributed by atoms with Gasteiger partial charge in [-0.2, -0.15) is 13.9 Å². The van der Waals surface area contributed by atoms with Gasteiger partial charge in [-0.05, 0) is 42.5 Å². The van der Waals surface area contributed by atoms with Crippen LogP contribution >= 0.6 is 0 Å². The summed E-state index contributed by atoms with van der Waals surface area (Å²) in [7, 11) is -4.66. The Morgan fingerprint density at radius 3 is 2.39 bits per heavy atom. The van der Waals surface area contributed by atoms with Crippen molar-refractivity contribution in [3.05, 3.63) is 78.6 Å². The SMILES string of the molecule is O=C(/C=C/c1cnn(-c2ccccc2)c1)Nc1ccc(S(=O)(=O)C(F)F)cc1. The molecule has 1 heterocycles. The maximum atomic E-state index is 12.5. The Labute approximate surface area is 160 Å². The Balaban J connectivity index is 1.64. The average molecular weight is 403 g/mol. The maximum absolute atomic E-state index is 12.5. The van der Waals surface area contributed by atoms with Gasteiger partial charge in [0.25, 0.3) is 0 Å². The minimum absolute atomic E-state index is 0.280. The van der Waals surface area contributed by atoms with Crippen LogP contribution in [0.5, 0.6) is 0 Å². The van der Waals surface area contributed by atoms with Crippen molar-refractivity contribution in [2.45, 2.75) is 10.7 Å². The number of para-hydroxylation sites is 1. The highest BCUT2D eigenvalue weighted by molar-refractivity contribution is 7.91. The Hall–Kier alpha value is -3.33. The zero-order chi connectivity index (χ0) is 20.1. The Morgan fingerprint density at radius 2 is 1.75 bits per heavy atom. The van der Waals surface area contributed by atoms with Crippen LogP contribution in [0.15, 0.2) is 78.0 Å². The zero-order valence-electron chi connectivity index (χ0n) is 14.4. The average Bonchev–Trinajstić information content (AvgIpc) is 3.16. The molecule has 0 atom stereocenters. The molecule has 1 aromatic heterocycles. The van der Waals surface area contributed by atoms with E-state index >= 15 is 0 Å². The summed E-state index contributed by atoms with van der Waals surface area (Å²) in [6.07, 6.45) is 6.21. The van der Waals surface area contributed by atoms with Gasteiger partial charge in [-0.3, -0.25) is 4.79 Å². The van der Waals surface area contributed by atoms with Crippen LogP contribution in [0.4, 0.5) is 14.5 Å². The van der Waals surface area contributed by atoms with Crippen LogP contribution in [0, 0.1) is 0 Å². The molecule has 0 unspecified atom stereocenters. The van der Waals surface area contributed by atoms with E-state index in [1.165, 1.54) is 18.2 Å². The lowest BCUT2D eigenvalue weighted by Crippen LogP contribution is -2.12. The standard InChI is InChI=1S/C19H15F2N3O3S/c20-19(21)28(26,27)17-9-7-15(8-10-17)23-18(25)11-6-14-12-22-24(13-14)16-4-2-1-3-5-16/h1-13,19H,(H,23,25)/b11-6+. The molecule has 0 aliphatic rings. The van der Waals surface area contributed by atoms with Crippen molar-refractivity contribution >= 4 is 27.5 Å². The third-order valence-electron chi connectivity index (χ3n) is 3.74. The number of hydrogen-bond donors (Lipinski definition) is 1. The molecule has 9 heteroatoms. The Kier molecular flexibility index (Phi) is 5.65. The second-order valence-corrected chi connectivity index (χ2v) is 7.62. The van der Waals surface area contributed by atoms with Gasteiger partial charge in [0.2, 0.25) is 15.7 Å². The molecule has 0 aliphatic carbocycles. The summed E-state index contributed by atoms with van der Waals surface area (Å²) in [6, 6.07) is 14.0. The van der Waals surface area contributed by atoms with Crippen LogP contribution in [0.25, 0.3) is 11.8 Å². The molecule has 0 radical (unpaired) electrons. The molecule has 3 rings (SSSR count). The zero-order valence-corrected chi connectivity index (χ0v) is 15.2.